The van der Waals surface area contributed by atoms with E-state index in [0.717, 1.165) is 5.56 Å². The summed E-state index contributed by atoms with van der Waals surface area (Å²) >= 11 is 0. The second kappa shape index (κ2) is 11.5. The number of aromatic nitrogens is 1. The Kier molecular flexibility index (Phi) is 8.59. The molecule has 2 aliphatic rings. The molecule has 1 saturated heterocycles. The van der Waals surface area contributed by atoms with Crippen molar-refractivity contribution < 1.29 is 19.0 Å². The van der Waals surface area contributed by atoms with E-state index in [0.29, 0.717) is 30.9 Å². The topological polar surface area (TPSA) is 69.7 Å². The summed E-state index contributed by atoms with van der Waals surface area (Å²) < 4.78 is 18.0. The number of nitrogens with zero attached hydrogens (tertiary/aromatic N) is 1. The van der Waals surface area contributed by atoms with Crippen molar-refractivity contribution >= 4 is 5.97 Å². The summed E-state index contributed by atoms with van der Waals surface area (Å²) in [4.78, 5) is 17.8. The molecule has 0 bridgehead atoms. The first-order chi connectivity index (χ1) is 17.7. The molecule has 1 N–H and O–H groups in total. The first-order valence-electron chi connectivity index (χ1n) is 13.8. The van der Waals surface area contributed by atoms with Crippen molar-refractivity contribution in [3.05, 3.63) is 58.8 Å². The van der Waals surface area contributed by atoms with E-state index in [2.05, 4.69) is 75.3 Å². The van der Waals surface area contributed by atoms with Gasteiger partial charge in [-0.15, -0.1) is 0 Å². The monoisotopic (exact) mass is 508 g/mol. The number of benzene rings is 1. The highest BCUT2D eigenvalue weighted by Gasteiger charge is 2.53. The number of pyridine rings is 1. The minimum atomic E-state index is -0.462. The van der Waals surface area contributed by atoms with Crippen LogP contribution in [0.1, 0.15) is 101 Å². The van der Waals surface area contributed by atoms with Crippen LogP contribution < -0.4 is 10.1 Å². The fourth-order valence-electron chi connectivity index (χ4n) is 5.97. The van der Waals surface area contributed by atoms with Crippen LogP contribution >= 0.6 is 0 Å². The molecule has 1 aromatic carbocycles. The molecule has 2 heterocycles. The summed E-state index contributed by atoms with van der Waals surface area (Å²) in [7, 11) is 1.66. The molecular formula is C31H44N2O4. The lowest BCUT2D eigenvalue weighted by molar-refractivity contribution is -0.148. The summed E-state index contributed by atoms with van der Waals surface area (Å²) in [5.41, 5.74) is 4.45. The molecule has 6 nitrogen and oxygen atoms in total. The van der Waals surface area contributed by atoms with Gasteiger partial charge in [-0.25, -0.2) is 4.98 Å². The second-order valence-electron chi connectivity index (χ2n) is 11.9. The number of rotatable bonds is 9. The Hall–Kier alpha value is -2.44. The number of carbonyl (C=O) groups excluding carboxylic acids is 1. The van der Waals surface area contributed by atoms with Crippen LogP contribution in [0.2, 0.25) is 0 Å². The number of hydrogen-bond acceptors (Lipinski definition) is 6. The summed E-state index contributed by atoms with van der Waals surface area (Å²) in [6.45, 7) is 13.5. The predicted molar refractivity (Wildman–Crippen MR) is 146 cm³/mol. The average molecular weight is 509 g/mol. The van der Waals surface area contributed by atoms with E-state index in [4.69, 9.17) is 14.2 Å². The van der Waals surface area contributed by atoms with Crippen molar-refractivity contribution in [3.63, 3.8) is 0 Å². The zero-order valence-electron chi connectivity index (χ0n) is 23.5. The minimum Gasteiger partial charge on any atom is -0.481 e. The molecule has 4 rings (SSSR count). The standard InChI is InChI=1S/C31H44N2O4/c1-8-36-30(34)27-25(31(4,5)6)28(26(33-27)24-15-10-9-14-23(24)19(2)3)37-18-22-16-21(20-12-11-13-20)17-32-29(22)35-7/h9-10,14-17,19-20,25-28,33H,8,11-13,18H2,1-7H3/t25-,26+,27+,28+/m1/s1. The van der Waals surface area contributed by atoms with Gasteiger partial charge in [0.2, 0.25) is 5.88 Å². The van der Waals surface area contributed by atoms with Gasteiger partial charge in [0, 0.05) is 17.7 Å². The van der Waals surface area contributed by atoms with Crippen molar-refractivity contribution in [2.75, 3.05) is 13.7 Å². The van der Waals surface area contributed by atoms with Crippen molar-refractivity contribution in [1.29, 1.82) is 0 Å². The molecule has 0 unspecified atom stereocenters. The third-order valence-electron chi connectivity index (χ3n) is 8.04. The van der Waals surface area contributed by atoms with Crippen LogP contribution in [0.15, 0.2) is 36.5 Å². The molecule has 1 aliphatic heterocycles. The summed E-state index contributed by atoms with van der Waals surface area (Å²) in [6.07, 6.45) is 5.39. The summed E-state index contributed by atoms with van der Waals surface area (Å²) in [5.74, 6) is 1.21. The van der Waals surface area contributed by atoms with Crippen molar-refractivity contribution in [1.82, 2.24) is 10.3 Å². The van der Waals surface area contributed by atoms with Gasteiger partial charge in [0.25, 0.3) is 0 Å². The van der Waals surface area contributed by atoms with Crippen LogP contribution in [0.4, 0.5) is 0 Å². The van der Waals surface area contributed by atoms with Crippen molar-refractivity contribution in [2.24, 2.45) is 11.3 Å². The second-order valence-corrected chi connectivity index (χ2v) is 11.9. The Morgan fingerprint density at radius 1 is 1.19 bits per heavy atom. The molecular weight excluding hydrogens is 464 g/mol. The van der Waals surface area contributed by atoms with E-state index in [1.165, 1.54) is 36.0 Å². The van der Waals surface area contributed by atoms with E-state index < -0.39 is 6.04 Å². The van der Waals surface area contributed by atoms with Crippen LogP contribution in [0.25, 0.3) is 0 Å². The van der Waals surface area contributed by atoms with Crippen LogP contribution in [-0.2, 0) is 20.9 Å². The van der Waals surface area contributed by atoms with Gasteiger partial charge >= 0.3 is 5.97 Å². The number of methoxy groups -OCH3 is 1. The zero-order valence-corrected chi connectivity index (χ0v) is 23.5. The summed E-state index contributed by atoms with van der Waals surface area (Å²) in [6, 6.07) is 10.1. The van der Waals surface area contributed by atoms with Gasteiger partial charge in [0.15, 0.2) is 0 Å². The van der Waals surface area contributed by atoms with Gasteiger partial charge in [0.05, 0.1) is 32.5 Å². The van der Waals surface area contributed by atoms with Gasteiger partial charge in [0.1, 0.15) is 6.04 Å². The molecule has 0 radical (unpaired) electrons. The van der Waals surface area contributed by atoms with Gasteiger partial charge in [-0.3, -0.25) is 10.1 Å². The highest BCUT2D eigenvalue weighted by atomic mass is 16.5. The SMILES string of the molecule is CCOC(=O)[C@H]1N[C@@H](c2ccccc2C(C)C)[C@@H](OCc2cc(C3CCC3)cnc2OC)[C@@H]1C(C)(C)C. The van der Waals surface area contributed by atoms with Crippen LogP contribution in [0.5, 0.6) is 5.88 Å². The molecule has 202 valence electrons. The molecule has 2 fully saturated rings. The highest BCUT2D eigenvalue weighted by molar-refractivity contribution is 5.77. The average Bonchev–Trinajstić information content (AvgIpc) is 3.22. The van der Waals surface area contributed by atoms with Crippen molar-refractivity contribution in [3.8, 4) is 5.88 Å². The lowest BCUT2D eigenvalue weighted by Crippen LogP contribution is -2.44. The van der Waals surface area contributed by atoms with Crippen LogP contribution in [-0.4, -0.2) is 36.8 Å². The highest BCUT2D eigenvalue weighted by Crippen LogP contribution is 2.46. The smallest absolute Gasteiger partial charge is 0.323 e. The summed E-state index contributed by atoms with van der Waals surface area (Å²) in [5, 5.41) is 3.66. The molecule has 1 aliphatic carbocycles. The Morgan fingerprint density at radius 3 is 2.51 bits per heavy atom. The van der Waals surface area contributed by atoms with E-state index in [-0.39, 0.29) is 29.4 Å². The predicted octanol–water partition coefficient (Wildman–Crippen LogP) is 6.30. The molecule has 2 aromatic rings. The molecule has 4 atom stereocenters. The first kappa shape index (κ1) is 27.6. The quantitative estimate of drug-likeness (QED) is 0.401. The number of nitrogens with one attached hydrogen (secondary N) is 1. The lowest BCUT2D eigenvalue weighted by atomic mass is 9.73. The van der Waals surface area contributed by atoms with E-state index in [1.54, 1.807) is 7.11 Å². The minimum absolute atomic E-state index is 0.0921. The van der Waals surface area contributed by atoms with Gasteiger partial charge in [-0.2, -0.15) is 0 Å². The normalized spacial score (nSPS) is 24.2. The number of ether oxygens (including phenoxy) is 3. The Morgan fingerprint density at radius 2 is 1.92 bits per heavy atom. The third-order valence-corrected chi connectivity index (χ3v) is 8.04. The maximum Gasteiger partial charge on any atom is 0.323 e. The molecule has 1 saturated carbocycles. The van der Waals surface area contributed by atoms with Gasteiger partial charge in [-0.05, 0) is 59.8 Å². The molecule has 0 amide bonds. The molecule has 1 aromatic heterocycles. The van der Waals surface area contributed by atoms with Crippen LogP contribution in [0.3, 0.4) is 0 Å². The number of carbonyl (C=O) groups is 1. The van der Waals surface area contributed by atoms with E-state index in [1.807, 2.05) is 13.1 Å². The Bertz CT molecular complexity index is 1070. The lowest BCUT2D eigenvalue weighted by Gasteiger charge is -2.36. The maximum atomic E-state index is 13.2. The van der Waals surface area contributed by atoms with Crippen LogP contribution in [0, 0.1) is 11.3 Å². The largest absolute Gasteiger partial charge is 0.481 e. The third kappa shape index (κ3) is 5.85. The van der Waals surface area contributed by atoms with E-state index >= 15 is 0 Å². The molecule has 0 spiro atoms. The molecule has 6 heteroatoms. The fraction of sp³-hybridized carbons (Fsp3) is 0.613. The number of hydrogen-bond donors (Lipinski definition) is 1. The van der Waals surface area contributed by atoms with Crippen molar-refractivity contribution in [2.45, 2.75) is 97.4 Å². The molecule has 37 heavy (non-hydrogen) atoms. The first-order valence-corrected chi connectivity index (χ1v) is 13.8. The van der Waals surface area contributed by atoms with Gasteiger partial charge < -0.3 is 14.2 Å². The van der Waals surface area contributed by atoms with E-state index in [9.17, 15) is 4.79 Å². The number of esters is 1. The Balaban J connectivity index is 1.72. The van der Waals surface area contributed by atoms with Gasteiger partial charge in [-0.1, -0.05) is 65.3 Å². The zero-order chi connectivity index (χ0) is 26.7. The fourth-order valence-corrected chi connectivity index (χ4v) is 5.97. The maximum absolute atomic E-state index is 13.2. The Labute approximate surface area is 222 Å².